The first-order valence-corrected chi connectivity index (χ1v) is 6.71. The van der Waals surface area contributed by atoms with Crippen molar-refractivity contribution < 1.29 is 9.53 Å². The fraction of sp³-hybridized carbons (Fsp3) is 0.923. The number of hydrogen-bond donors (Lipinski definition) is 1. The lowest BCUT2D eigenvalue weighted by Gasteiger charge is -2.31. The third kappa shape index (κ3) is 4.94. The molecule has 1 N–H and O–H groups in total. The van der Waals surface area contributed by atoms with Gasteiger partial charge in [-0.25, -0.2) is 4.79 Å². The van der Waals surface area contributed by atoms with Crippen molar-refractivity contribution in [2.75, 3.05) is 26.8 Å². The summed E-state index contributed by atoms with van der Waals surface area (Å²) in [5, 5.41) is 3.07. The molecule has 0 aliphatic carbocycles. The molecule has 1 aliphatic rings. The lowest BCUT2D eigenvalue weighted by Crippen LogP contribution is -2.48. The molecule has 1 aliphatic heterocycles. The lowest BCUT2D eigenvalue weighted by atomic mass is 10.00. The van der Waals surface area contributed by atoms with Crippen LogP contribution in [-0.2, 0) is 4.74 Å². The number of hydrogen-bond acceptors (Lipinski definition) is 2. The Kier molecular flexibility index (Phi) is 6.34. The SMILES string of the molecule is CCCC(COC)NC(=O)N1CCC(C)CC1. The standard InChI is InChI=1S/C13H26N2O2/c1-4-5-12(10-17-3)14-13(16)15-8-6-11(2)7-9-15/h11-12H,4-10H2,1-3H3,(H,14,16). The minimum Gasteiger partial charge on any atom is -0.383 e. The predicted octanol–water partition coefficient (Wildman–Crippen LogP) is 2.24. The Balaban J connectivity index is 2.35. The number of methoxy groups -OCH3 is 1. The van der Waals surface area contributed by atoms with Crippen molar-refractivity contribution in [1.29, 1.82) is 0 Å². The number of nitrogens with one attached hydrogen (secondary N) is 1. The van der Waals surface area contributed by atoms with Gasteiger partial charge in [0.15, 0.2) is 0 Å². The van der Waals surface area contributed by atoms with E-state index in [1.807, 2.05) is 4.90 Å². The van der Waals surface area contributed by atoms with E-state index in [1.54, 1.807) is 7.11 Å². The van der Waals surface area contributed by atoms with Crippen LogP contribution >= 0.6 is 0 Å². The van der Waals surface area contributed by atoms with E-state index in [9.17, 15) is 4.79 Å². The summed E-state index contributed by atoms with van der Waals surface area (Å²) >= 11 is 0. The van der Waals surface area contributed by atoms with E-state index >= 15 is 0 Å². The Morgan fingerprint density at radius 3 is 2.65 bits per heavy atom. The van der Waals surface area contributed by atoms with Crippen LogP contribution in [0.4, 0.5) is 4.79 Å². The highest BCUT2D eigenvalue weighted by Crippen LogP contribution is 2.16. The van der Waals surface area contributed by atoms with Gasteiger partial charge in [0.05, 0.1) is 12.6 Å². The Morgan fingerprint density at radius 1 is 1.47 bits per heavy atom. The summed E-state index contributed by atoms with van der Waals surface area (Å²) in [6.07, 6.45) is 4.28. The summed E-state index contributed by atoms with van der Waals surface area (Å²) in [7, 11) is 1.68. The van der Waals surface area contributed by atoms with E-state index in [2.05, 4.69) is 19.2 Å². The summed E-state index contributed by atoms with van der Waals surface area (Å²) in [4.78, 5) is 14.0. The number of urea groups is 1. The number of likely N-dealkylation sites (tertiary alicyclic amines) is 1. The van der Waals surface area contributed by atoms with Crippen LogP contribution < -0.4 is 5.32 Å². The minimum absolute atomic E-state index is 0.0763. The molecule has 1 atom stereocenters. The van der Waals surface area contributed by atoms with Gasteiger partial charge in [-0.1, -0.05) is 20.3 Å². The van der Waals surface area contributed by atoms with Gasteiger partial charge in [0.2, 0.25) is 0 Å². The van der Waals surface area contributed by atoms with E-state index in [0.717, 1.165) is 44.7 Å². The highest BCUT2D eigenvalue weighted by atomic mass is 16.5. The van der Waals surface area contributed by atoms with Crippen LogP contribution in [-0.4, -0.2) is 43.8 Å². The van der Waals surface area contributed by atoms with Gasteiger partial charge in [0, 0.05) is 20.2 Å². The molecule has 1 fully saturated rings. The van der Waals surface area contributed by atoms with Crippen molar-refractivity contribution in [3.63, 3.8) is 0 Å². The second-order valence-corrected chi connectivity index (χ2v) is 5.06. The third-order valence-corrected chi connectivity index (χ3v) is 3.40. The largest absolute Gasteiger partial charge is 0.383 e. The predicted molar refractivity (Wildman–Crippen MR) is 69.1 cm³/mol. The van der Waals surface area contributed by atoms with Gasteiger partial charge >= 0.3 is 6.03 Å². The van der Waals surface area contributed by atoms with Gasteiger partial charge in [-0.2, -0.15) is 0 Å². The van der Waals surface area contributed by atoms with E-state index in [0.29, 0.717) is 6.61 Å². The zero-order chi connectivity index (χ0) is 12.7. The molecule has 0 bridgehead atoms. The monoisotopic (exact) mass is 242 g/mol. The third-order valence-electron chi connectivity index (χ3n) is 3.40. The molecule has 1 saturated heterocycles. The number of amides is 2. The fourth-order valence-electron chi connectivity index (χ4n) is 2.22. The number of ether oxygens (including phenoxy) is 1. The maximum Gasteiger partial charge on any atom is 0.317 e. The first kappa shape index (κ1) is 14.3. The van der Waals surface area contributed by atoms with Crippen molar-refractivity contribution in [2.45, 2.75) is 45.6 Å². The first-order valence-electron chi connectivity index (χ1n) is 6.71. The summed E-state index contributed by atoms with van der Waals surface area (Å²) in [5.74, 6) is 0.754. The molecule has 2 amide bonds. The maximum absolute atomic E-state index is 12.0. The quantitative estimate of drug-likeness (QED) is 0.803. The van der Waals surface area contributed by atoms with Crippen molar-refractivity contribution in [2.24, 2.45) is 5.92 Å². The summed E-state index contributed by atoms with van der Waals surface area (Å²) in [6.45, 7) is 6.75. The molecule has 0 aromatic heterocycles. The van der Waals surface area contributed by atoms with Crippen LogP contribution in [0.5, 0.6) is 0 Å². The van der Waals surface area contributed by atoms with E-state index in [-0.39, 0.29) is 12.1 Å². The molecule has 17 heavy (non-hydrogen) atoms. The van der Waals surface area contributed by atoms with Crippen LogP contribution in [0.2, 0.25) is 0 Å². The highest BCUT2D eigenvalue weighted by molar-refractivity contribution is 5.74. The molecule has 0 saturated carbocycles. The molecule has 0 aromatic carbocycles. The Bertz CT molecular complexity index is 219. The molecule has 1 heterocycles. The average molecular weight is 242 g/mol. The Hall–Kier alpha value is -0.770. The number of rotatable bonds is 5. The van der Waals surface area contributed by atoms with E-state index in [1.165, 1.54) is 0 Å². The molecule has 1 unspecified atom stereocenters. The molecular formula is C13H26N2O2. The van der Waals surface area contributed by atoms with Gasteiger partial charge in [-0.3, -0.25) is 0 Å². The van der Waals surface area contributed by atoms with Crippen LogP contribution in [0.25, 0.3) is 0 Å². The summed E-state index contributed by atoms with van der Waals surface area (Å²) < 4.78 is 5.13. The average Bonchev–Trinajstić information content (AvgIpc) is 2.30. The number of piperidine rings is 1. The molecule has 1 rings (SSSR count). The van der Waals surface area contributed by atoms with Gasteiger partial charge in [-0.15, -0.1) is 0 Å². The van der Waals surface area contributed by atoms with E-state index < -0.39 is 0 Å². The zero-order valence-electron chi connectivity index (χ0n) is 11.4. The van der Waals surface area contributed by atoms with Crippen LogP contribution in [0.15, 0.2) is 0 Å². The van der Waals surface area contributed by atoms with Crippen LogP contribution in [0, 0.1) is 5.92 Å². The summed E-state index contributed by atoms with van der Waals surface area (Å²) in [6, 6.07) is 0.226. The molecule has 0 spiro atoms. The number of carbonyl (C=O) groups excluding carboxylic acids is 1. The smallest absolute Gasteiger partial charge is 0.317 e. The first-order chi connectivity index (χ1) is 8.17. The van der Waals surface area contributed by atoms with E-state index in [4.69, 9.17) is 4.74 Å². The van der Waals surface area contributed by atoms with Crippen molar-refractivity contribution >= 4 is 6.03 Å². The Morgan fingerprint density at radius 2 is 2.12 bits per heavy atom. The molecule has 100 valence electrons. The Labute approximate surface area is 105 Å². The van der Waals surface area contributed by atoms with Crippen molar-refractivity contribution in [3.8, 4) is 0 Å². The van der Waals surface area contributed by atoms with Crippen molar-refractivity contribution in [3.05, 3.63) is 0 Å². The molecule has 4 heteroatoms. The molecule has 0 radical (unpaired) electrons. The second kappa shape index (κ2) is 7.54. The minimum atomic E-state index is 0.0763. The van der Waals surface area contributed by atoms with Gasteiger partial charge < -0.3 is 15.0 Å². The highest BCUT2D eigenvalue weighted by Gasteiger charge is 2.21. The fourth-order valence-corrected chi connectivity index (χ4v) is 2.22. The normalized spacial score (nSPS) is 19.1. The summed E-state index contributed by atoms with van der Waals surface area (Å²) in [5.41, 5.74) is 0. The number of nitrogens with zero attached hydrogens (tertiary/aromatic N) is 1. The van der Waals surface area contributed by atoms with Gasteiger partial charge in [0.1, 0.15) is 0 Å². The van der Waals surface area contributed by atoms with Gasteiger partial charge in [-0.05, 0) is 25.2 Å². The van der Waals surface area contributed by atoms with Crippen molar-refractivity contribution in [1.82, 2.24) is 10.2 Å². The van der Waals surface area contributed by atoms with Crippen LogP contribution in [0.1, 0.15) is 39.5 Å². The molecule has 4 nitrogen and oxygen atoms in total. The maximum atomic E-state index is 12.0. The topological polar surface area (TPSA) is 41.6 Å². The zero-order valence-corrected chi connectivity index (χ0v) is 11.4. The lowest BCUT2D eigenvalue weighted by molar-refractivity contribution is 0.143. The number of carbonyl (C=O) groups is 1. The molecule has 0 aromatic rings. The second-order valence-electron chi connectivity index (χ2n) is 5.06. The van der Waals surface area contributed by atoms with Crippen LogP contribution in [0.3, 0.4) is 0 Å². The molecular weight excluding hydrogens is 216 g/mol. The van der Waals surface area contributed by atoms with Gasteiger partial charge in [0.25, 0.3) is 0 Å².